The zero-order valence-electron chi connectivity index (χ0n) is 5.03. The molecule has 0 radical (unpaired) electrons. The Morgan fingerprint density at radius 2 is 2.40 bits per heavy atom. The van der Waals surface area contributed by atoms with Crippen molar-refractivity contribution in [1.82, 2.24) is 0 Å². The Morgan fingerprint density at radius 1 is 1.50 bits per heavy atom. The van der Waals surface area contributed by atoms with Crippen molar-refractivity contribution in [3.8, 4) is 0 Å². The van der Waals surface area contributed by atoms with Gasteiger partial charge in [-0.3, -0.25) is 4.79 Å². The van der Waals surface area contributed by atoms with E-state index in [9.17, 15) is 4.79 Å². The molecule has 3 heteroatoms. The summed E-state index contributed by atoms with van der Waals surface area (Å²) in [7, 11) is 0. The van der Waals surface area contributed by atoms with Crippen LogP contribution in [0, 0.1) is 0 Å². The molecule has 2 aromatic rings. The molecule has 0 aliphatic carbocycles. The highest BCUT2D eigenvalue weighted by Gasteiger charge is 1.99. The van der Waals surface area contributed by atoms with Crippen LogP contribution in [0.4, 0.5) is 0 Å². The van der Waals surface area contributed by atoms with E-state index in [2.05, 4.69) is 0 Å². The Kier molecular flexibility index (Phi) is 1.32. The average Bonchev–Trinajstić information content (AvgIpc) is 2.42. The zero-order chi connectivity index (χ0) is 6.97. The fraction of sp³-hybridized carbons (Fsp3) is 0. The number of carbonyl (C=O) groups excluding carboxylic acids is 1. The van der Waals surface area contributed by atoms with Crippen LogP contribution in [0.3, 0.4) is 0 Å². The summed E-state index contributed by atoms with van der Waals surface area (Å²) in [5.41, 5.74) is 0. The number of hydrogen-bond donors (Lipinski definition) is 0. The van der Waals surface area contributed by atoms with Crippen LogP contribution in [0.2, 0.25) is 0 Å². The summed E-state index contributed by atoms with van der Waals surface area (Å²) >= 11 is 3.24. The minimum Gasteiger partial charge on any atom is -0.297 e. The molecule has 0 aliphatic heterocycles. The molecule has 0 unspecified atom stereocenters. The molecule has 2 rings (SSSR count). The van der Waals surface area contributed by atoms with E-state index >= 15 is 0 Å². The Balaban J connectivity index is 2.78. The molecule has 50 valence electrons. The van der Waals surface area contributed by atoms with Crippen molar-refractivity contribution < 1.29 is 4.79 Å². The molecular weight excluding hydrogens is 164 g/mol. The van der Waals surface area contributed by atoms with Gasteiger partial charge in [0.1, 0.15) is 0 Å². The van der Waals surface area contributed by atoms with Gasteiger partial charge < -0.3 is 0 Å². The van der Waals surface area contributed by atoms with Gasteiger partial charge in [-0.1, -0.05) is 0 Å². The molecular formula is C7H4OS2. The molecule has 0 spiro atoms. The van der Waals surface area contributed by atoms with E-state index in [1.54, 1.807) is 22.7 Å². The Hall–Kier alpha value is -0.670. The van der Waals surface area contributed by atoms with Crippen LogP contribution >= 0.6 is 22.7 Å². The summed E-state index contributed by atoms with van der Waals surface area (Å²) < 4.78 is 1.24. The largest absolute Gasteiger partial charge is 0.297 e. The lowest BCUT2D eigenvalue weighted by molar-refractivity contribution is 0.112. The number of aldehydes is 1. The molecule has 10 heavy (non-hydrogen) atoms. The molecule has 0 amide bonds. The van der Waals surface area contributed by atoms with Crippen molar-refractivity contribution in [3.05, 3.63) is 22.4 Å². The first-order valence-electron chi connectivity index (χ1n) is 2.82. The molecule has 0 aliphatic rings. The summed E-state index contributed by atoms with van der Waals surface area (Å²) in [5.74, 6) is 0. The number of fused-ring (bicyclic) bond motifs is 1. The van der Waals surface area contributed by atoms with Gasteiger partial charge in [0.2, 0.25) is 0 Å². The smallest absolute Gasteiger partial charge is 0.160 e. The van der Waals surface area contributed by atoms with Crippen LogP contribution in [-0.2, 0) is 0 Å². The van der Waals surface area contributed by atoms with Gasteiger partial charge in [-0.2, -0.15) is 0 Å². The van der Waals surface area contributed by atoms with Gasteiger partial charge >= 0.3 is 0 Å². The SMILES string of the molecule is O=Cc1cc2ccsc2s1. The fourth-order valence-corrected chi connectivity index (χ4v) is 2.79. The molecule has 0 aromatic carbocycles. The van der Waals surface area contributed by atoms with Crippen molar-refractivity contribution in [2.24, 2.45) is 0 Å². The van der Waals surface area contributed by atoms with Crippen LogP contribution in [0.1, 0.15) is 9.67 Å². The van der Waals surface area contributed by atoms with Crippen molar-refractivity contribution in [2.45, 2.75) is 0 Å². The second-order valence-electron chi connectivity index (χ2n) is 1.93. The molecule has 0 N–H and O–H groups in total. The molecule has 0 bridgehead atoms. The first-order valence-corrected chi connectivity index (χ1v) is 4.52. The van der Waals surface area contributed by atoms with E-state index in [1.807, 2.05) is 17.5 Å². The standard InChI is InChI=1S/C7H4OS2/c8-4-6-3-5-1-2-9-7(5)10-6/h1-4H. The van der Waals surface area contributed by atoms with Crippen molar-refractivity contribution in [3.63, 3.8) is 0 Å². The number of carbonyl (C=O) groups is 1. The van der Waals surface area contributed by atoms with Crippen LogP contribution < -0.4 is 0 Å². The molecule has 1 nitrogen and oxygen atoms in total. The second kappa shape index (κ2) is 2.18. The lowest BCUT2D eigenvalue weighted by atomic mass is 10.4. The molecule has 0 saturated carbocycles. The molecule has 2 heterocycles. The maximum absolute atomic E-state index is 10.3. The van der Waals surface area contributed by atoms with Crippen LogP contribution in [-0.4, -0.2) is 6.29 Å². The van der Waals surface area contributed by atoms with E-state index in [0.29, 0.717) is 0 Å². The molecule has 2 aromatic heterocycles. The predicted octanol–water partition coefficient (Wildman–Crippen LogP) is 2.78. The normalized spacial score (nSPS) is 10.4. The van der Waals surface area contributed by atoms with E-state index in [0.717, 1.165) is 11.2 Å². The van der Waals surface area contributed by atoms with E-state index in [1.165, 1.54) is 9.40 Å². The Morgan fingerprint density at radius 3 is 3.10 bits per heavy atom. The lowest BCUT2D eigenvalue weighted by Crippen LogP contribution is -1.62. The number of thiophene rings is 2. The summed E-state index contributed by atoms with van der Waals surface area (Å²) in [6.07, 6.45) is 0.900. The van der Waals surface area contributed by atoms with Crippen LogP contribution in [0.5, 0.6) is 0 Å². The maximum atomic E-state index is 10.3. The number of hydrogen-bond acceptors (Lipinski definition) is 3. The van der Waals surface area contributed by atoms with E-state index in [4.69, 9.17) is 0 Å². The quantitative estimate of drug-likeness (QED) is 0.598. The Bertz CT molecular complexity index is 330. The highest BCUT2D eigenvalue weighted by Crippen LogP contribution is 2.28. The highest BCUT2D eigenvalue weighted by atomic mass is 32.2. The molecule has 0 atom stereocenters. The van der Waals surface area contributed by atoms with E-state index < -0.39 is 0 Å². The van der Waals surface area contributed by atoms with Crippen LogP contribution in [0.25, 0.3) is 9.40 Å². The minimum atomic E-state index is 0.821. The minimum absolute atomic E-state index is 0.821. The summed E-state index contributed by atoms with van der Waals surface area (Å²) in [6, 6.07) is 3.95. The van der Waals surface area contributed by atoms with Gasteiger partial charge in [0.05, 0.1) is 8.89 Å². The van der Waals surface area contributed by atoms with Gasteiger partial charge in [0.25, 0.3) is 0 Å². The lowest BCUT2D eigenvalue weighted by Gasteiger charge is -1.69. The summed E-state index contributed by atoms with van der Waals surface area (Å²) in [5, 5.41) is 3.23. The van der Waals surface area contributed by atoms with Crippen molar-refractivity contribution in [2.75, 3.05) is 0 Å². The van der Waals surface area contributed by atoms with Gasteiger partial charge in [-0.15, -0.1) is 22.7 Å². The zero-order valence-corrected chi connectivity index (χ0v) is 6.67. The van der Waals surface area contributed by atoms with Crippen LogP contribution in [0.15, 0.2) is 17.5 Å². The summed E-state index contributed by atoms with van der Waals surface area (Å²) in [4.78, 5) is 11.1. The topological polar surface area (TPSA) is 17.1 Å². The van der Waals surface area contributed by atoms with Gasteiger partial charge in [-0.25, -0.2) is 0 Å². The predicted molar refractivity (Wildman–Crippen MR) is 45.1 cm³/mol. The van der Waals surface area contributed by atoms with Crippen molar-refractivity contribution >= 4 is 38.4 Å². The van der Waals surface area contributed by atoms with Gasteiger partial charge in [0.15, 0.2) is 6.29 Å². The van der Waals surface area contributed by atoms with Gasteiger partial charge in [0, 0.05) is 5.39 Å². The fourth-order valence-electron chi connectivity index (χ4n) is 0.843. The first kappa shape index (κ1) is 6.07. The molecule has 0 saturated heterocycles. The first-order chi connectivity index (χ1) is 4.90. The third-order valence-corrected chi connectivity index (χ3v) is 3.41. The maximum Gasteiger partial charge on any atom is 0.160 e. The third-order valence-electron chi connectivity index (χ3n) is 1.28. The summed E-state index contributed by atoms with van der Waals surface area (Å²) in [6.45, 7) is 0. The highest BCUT2D eigenvalue weighted by molar-refractivity contribution is 7.38. The van der Waals surface area contributed by atoms with Gasteiger partial charge in [-0.05, 0) is 17.5 Å². The monoisotopic (exact) mass is 168 g/mol. The second-order valence-corrected chi connectivity index (χ2v) is 4.19. The Labute approximate surface area is 65.9 Å². The van der Waals surface area contributed by atoms with Crippen molar-refractivity contribution in [1.29, 1.82) is 0 Å². The third kappa shape index (κ3) is 0.786. The van der Waals surface area contributed by atoms with E-state index in [-0.39, 0.29) is 0 Å². The average molecular weight is 168 g/mol. The number of rotatable bonds is 1. The molecule has 0 fully saturated rings.